The minimum Gasteiger partial charge on any atom is -0.462 e. The van der Waals surface area contributed by atoms with Crippen LogP contribution in [0.1, 0.15) is 41.5 Å². The third-order valence-electron chi connectivity index (χ3n) is 2.06. The fourth-order valence-electron chi connectivity index (χ4n) is 1.37. The zero-order chi connectivity index (χ0) is 14.4. The van der Waals surface area contributed by atoms with Gasteiger partial charge in [0.2, 0.25) is 5.91 Å². The van der Waals surface area contributed by atoms with E-state index < -0.39 is 11.9 Å². The van der Waals surface area contributed by atoms with Crippen molar-refractivity contribution in [2.45, 2.75) is 20.8 Å². The maximum Gasteiger partial charge on any atom is 0.342 e. The first-order valence-corrected chi connectivity index (χ1v) is 6.62. The van der Waals surface area contributed by atoms with E-state index in [1.807, 2.05) is 0 Å². The van der Waals surface area contributed by atoms with E-state index in [1.165, 1.54) is 12.3 Å². The van der Waals surface area contributed by atoms with E-state index in [-0.39, 0.29) is 35.2 Å². The Hall–Kier alpha value is -1.89. The van der Waals surface area contributed by atoms with Gasteiger partial charge in [-0.2, -0.15) is 0 Å². The van der Waals surface area contributed by atoms with E-state index in [2.05, 4.69) is 5.32 Å². The van der Waals surface area contributed by atoms with Gasteiger partial charge >= 0.3 is 11.9 Å². The summed E-state index contributed by atoms with van der Waals surface area (Å²) in [7, 11) is 0. The van der Waals surface area contributed by atoms with Crippen molar-refractivity contribution >= 4 is 34.2 Å². The molecular weight excluding hydrogens is 270 g/mol. The van der Waals surface area contributed by atoms with Crippen LogP contribution in [-0.4, -0.2) is 31.1 Å². The molecule has 1 rings (SSSR count). The molecule has 0 aromatic carbocycles. The number of carbonyl (C=O) groups is 3. The molecule has 1 aromatic heterocycles. The summed E-state index contributed by atoms with van der Waals surface area (Å²) in [6, 6.07) is 0. The van der Waals surface area contributed by atoms with Crippen LogP contribution in [0.4, 0.5) is 5.00 Å². The number of carbonyl (C=O) groups excluding carboxylic acids is 3. The number of anilines is 1. The van der Waals surface area contributed by atoms with Gasteiger partial charge in [0.1, 0.15) is 10.6 Å². The minimum atomic E-state index is -0.657. The Balaban J connectivity index is 3.17. The van der Waals surface area contributed by atoms with Gasteiger partial charge < -0.3 is 14.8 Å². The van der Waals surface area contributed by atoms with Gasteiger partial charge in [-0.3, -0.25) is 4.79 Å². The smallest absolute Gasteiger partial charge is 0.342 e. The lowest BCUT2D eigenvalue weighted by molar-refractivity contribution is -0.114. The van der Waals surface area contributed by atoms with Crippen molar-refractivity contribution in [3.63, 3.8) is 0 Å². The van der Waals surface area contributed by atoms with Crippen molar-refractivity contribution in [2.24, 2.45) is 0 Å². The summed E-state index contributed by atoms with van der Waals surface area (Å²) < 4.78 is 9.75. The summed E-state index contributed by atoms with van der Waals surface area (Å²) in [6.07, 6.45) is 0. The molecule has 0 aliphatic rings. The van der Waals surface area contributed by atoms with Crippen molar-refractivity contribution in [1.29, 1.82) is 0 Å². The first-order valence-electron chi connectivity index (χ1n) is 5.74. The molecule has 1 amide bonds. The van der Waals surface area contributed by atoms with Crippen molar-refractivity contribution in [3.05, 3.63) is 16.5 Å². The first kappa shape index (κ1) is 15.2. The molecule has 6 nitrogen and oxygen atoms in total. The second-order valence-electron chi connectivity index (χ2n) is 3.48. The van der Waals surface area contributed by atoms with E-state index in [1.54, 1.807) is 13.8 Å². The van der Waals surface area contributed by atoms with Crippen molar-refractivity contribution < 1.29 is 23.9 Å². The van der Waals surface area contributed by atoms with Crippen LogP contribution in [0, 0.1) is 0 Å². The van der Waals surface area contributed by atoms with Crippen LogP contribution in [0.25, 0.3) is 0 Å². The molecule has 19 heavy (non-hydrogen) atoms. The number of rotatable bonds is 5. The zero-order valence-corrected chi connectivity index (χ0v) is 11.8. The van der Waals surface area contributed by atoms with E-state index in [4.69, 9.17) is 9.47 Å². The molecule has 0 aliphatic heterocycles. The molecule has 0 saturated heterocycles. The fourth-order valence-corrected chi connectivity index (χ4v) is 2.34. The third kappa shape index (κ3) is 3.78. The monoisotopic (exact) mass is 285 g/mol. The molecule has 0 saturated carbocycles. The number of esters is 2. The Morgan fingerprint density at radius 1 is 1.16 bits per heavy atom. The average molecular weight is 285 g/mol. The van der Waals surface area contributed by atoms with Crippen LogP contribution >= 0.6 is 11.3 Å². The molecule has 0 aliphatic carbocycles. The van der Waals surface area contributed by atoms with Gasteiger partial charge in [0.25, 0.3) is 0 Å². The number of amides is 1. The molecule has 0 unspecified atom stereocenters. The predicted molar refractivity (Wildman–Crippen MR) is 70.5 cm³/mol. The summed E-state index contributed by atoms with van der Waals surface area (Å²) >= 11 is 1.08. The molecule has 1 N–H and O–H groups in total. The largest absolute Gasteiger partial charge is 0.462 e. The second kappa shape index (κ2) is 6.89. The standard InChI is InChI=1S/C12H15NO5S/c1-4-17-11(15)8-6-19-10(13-7(3)14)9(8)12(16)18-5-2/h6H,4-5H2,1-3H3,(H,13,14). The Kier molecular flexibility index (Phi) is 5.50. The molecule has 0 fully saturated rings. The number of ether oxygens (including phenoxy) is 2. The first-order chi connectivity index (χ1) is 9.01. The van der Waals surface area contributed by atoms with Gasteiger partial charge in [0.15, 0.2) is 0 Å². The highest BCUT2D eigenvalue weighted by Gasteiger charge is 2.25. The van der Waals surface area contributed by atoms with E-state index in [0.29, 0.717) is 0 Å². The maximum atomic E-state index is 11.9. The number of thiophene rings is 1. The van der Waals surface area contributed by atoms with Crippen LogP contribution in [0.5, 0.6) is 0 Å². The Bertz CT molecular complexity index is 494. The zero-order valence-electron chi connectivity index (χ0n) is 10.9. The van der Waals surface area contributed by atoms with Crippen molar-refractivity contribution in [3.8, 4) is 0 Å². The summed E-state index contributed by atoms with van der Waals surface area (Å²) in [4.78, 5) is 34.7. The number of hydrogen-bond acceptors (Lipinski definition) is 6. The maximum absolute atomic E-state index is 11.9. The van der Waals surface area contributed by atoms with Crippen LogP contribution in [0.3, 0.4) is 0 Å². The van der Waals surface area contributed by atoms with Crippen LogP contribution < -0.4 is 5.32 Å². The molecule has 1 aromatic rings. The molecule has 0 radical (unpaired) electrons. The third-order valence-corrected chi connectivity index (χ3v) is 2.95. The topological polar surface area (TPSA) is 81.7 Å². The molecule has 7 heteroatoms. The fraction of sp³-hybridized carbons (Fsp3) is 0.417. The lowest BCUT2D eigenvalue weighted by Crippen LogP contribution is -2.15. The molecule has 0 atom stereocenters. The summed E-state index contributed by atoms with van der Waals surface area (Å²) in [6.45, 7) is 5.02. The highest BCUT2D eigenvalue weighted by molar-refractivity contribution is 7.15. The van der Waals surface area contributed by atoms with E-state index in [9.17, 15) is 14.4 Å². The van der Waals surface area contributed by atoms with Gasteiger partial charge in [-0.15, -0.1) is 11.3 Å². The van der Waals surface area contributed by atoms with Gasteiger partial charge in [-0.05, 0) is 13.8 Å². The summed E-state index contributed by atoms with van der Waals surface area (Å²) in [5.74, 6) is -1.60. The lowest BCUT2D eigenvalue weighted by Gasteiger charge is -2.06. The number of hydrogen-bond donors (Lipinski definition) is 1. The lowest BCUT2D eigenvalue weighted by atomic mass is 10.2. The van der Waals surface area contributed by atoms with Gasteiger partial charge in [0, 0.05) is 12.3 Å². The predicted octanol–water partition coefficient (Wildman–Crippen LogP) is 2.06. The molecule has 104 valence electrons. The number of nitrogens with one attached hydrogen (secondary N) is 1. The molecule has 0 spiro atoms. The Labute approximate surface area is 114 Å². The molecular formula is C12H15NO5S. The SMILES string of the molecule is CCOC(=O)c1csc(NC(C)=O)c1C(=O)OCC. The highest BCUT2D eigenvalue weighted by atomic mass is 32.1. The van der Waals surface area contributed by atoms with Crippen LogP contribution in [-0.2, 0) is 14.3 Å². The quantitative estimate of drug-likeness (QED) is 0.837. The van der Waals surface area contributed by atoms with Gasteiger partial charge in [-0.1, -0.05) is 0 Å². The molecule has 1 heterocycles. The normalized spacial score (nSPS) is 9.84. The highest BCUT2D eigenvalue weighted by Crippen LogP contribution is 2.29. The van der Waals surface area contributed by atoms with Crippen LogP contribution in [0.15, 0.2) is 5.38 Å². The van der Waals surface area contributed by atoms with Crippen molar-refractivity contribution in [1.82, 2.24) is 0 Å². The Morgan fingerprint density at radius 2 is 1.74 bits per heavy atom. The van der Waals surface area contributed by atoms with E-state index >= 15 is 0 Å². The summed E-state index contributed by atoms with van der Waals surface area (Å²) in [5.41, 5.74) is 0.148. The van der Waals surface area contributed by atoms with Crippen LogP contribution in [0.2, 0.25) is 0 Å². The molecule has 0 bridgehead atoms. The average Bonchev–Trinajstić information content (AvgIpc) is 2.72. The summed E-state index contributed by atoms with van der Waals surface area (Å²) in [5, 5.41) is 4.25. The van der Waals surface area contributed by atoms with E-state index in [0.717, 1.165) is 11.3 Å². The van der Waals surface area contributed by atoms with Gasteiger partial charge in [0.05, 0.1) is 18.8 Å². The minimum absolute atomic E-state index is 0.0421. The van der Waals surface area contributed by atoms with Gasteiger partial charge in [-0.25, -0.2) is 9.59 Å². The van der Waals surface area contributed by atoms with Crippen molar-refractivity contribution in [2.75, 3.05) is 18.5 Å². The second-order valence-corrected chi connectivity index (χ2v) is 4.36. The Morgan fingerprint density at radius 3 is 2.26 bits per heavy atom.